The Bertz CT molecular complexity index is 927. The van der Waals surface area contributed by atoms with Crippen molar-refractivity contribution in [1.29, 1.82) is 0 Å². The normalized spacial score (nSPS) is 10.8. The maximum Gasteiger partial charge on any atom is 0.262 e. The quantitative estimate of drug-likeness (QED) is 0.804. The molecule has 0 saturated carbocycles. The van der Waals surface area contributed by atoms with Crippen molar-refractivity contribution in [3.63, 3.8) is 0 Å². The smallest absolute Gasteiger partial charge is 0.262 e. The predicted molar refractivity (Wildman–Crippen MR) is 88.2 cm³/mol. The SMILES string of the molecule is COc1cc(OC)c2c(=O)[nH]c(-c3cc(C)nc(C)c3)nc2c1. The van der Waals surface area contributed by atoms with E-state index in [0.717, 1.165) is 17.0 Å². The monoisotopic (exact) mass is 311 g/mol. The molecule has 0 aliphatic carbocycles. The fraction of sp³-hybridized carbons (Fsp3) is 0.235. The van der Waals surface area contributed by atoms with E-state index in [0.29, 0.717) is 28.2 Å². The largest absolute Gasteiger partial charge is 0.497 e. The molecule has 0 spiro atoms. The number of pyridine rings is 1. The number of nitrogens with one attached hydrogen (secondary N) is 1. The summed E-state index contributed by atoms with van der Waals surface area (Å²) in [5.74, 6) is 1.51. The van der Waals surface area contributed by atoms with Gasteiger partial charge >= 0.3 is 0 Å². The predicted octanol–water partition coefficient (Wildman–Crippen LogP) is 2.62. The van der Waals surface area contributed by atoms with Crippen molar-refractivity contribution in [2.75, 3.05) is 14.2 Å². The van der Waals surface area contributed by atoms with Gasteiger partial charge in [-0.25, -0.2) is 4.98 Å². The lowest BCUT2D eigenvalue weighted by molar-refractivity contribution is 0.397. The van der Waals surface area contributed by atoms with Crippen LogP contribution in [-0.4, -0.2) is 29.2 Å². The molecule has 0 amide bonds. The molecule has 0 bridgehead atoms. The van der Waals surface area contributed by atoms with E-state index in [1.165, 1.54) is 7.11 Å². The van der Waals surface area contributed by atoms with Gasteiger partial charge in [-0.05, 0) is 26.0 Å². The van der Waals surface area contributed by atoms with Crippen LogP contribution in [0, 0.1) is 13.8 Å². The molecule has 23 heavy (non-hydrogen) atoms. The topological polar surface area (TPSA) is 77.1 Å². The Morgan fingerprint density at radius 1 is 0.957 bits per heavy atom. The molecular weight excluding hydrogens is 294 g/mol. The first-order valence-electron chi connectivity index (χ1n) is 7.13. The summed E-state index contributed by atoms with van der Waals surface area (Å²) in [5, 5.41) is 0.402. The van der Waals surface area contributed by atoms with Crippen LogP contribution in [0.2, 0.25) is 0 Å². The Balaban J connectivity index is 2.30. The minimum absolute atomic E-state index is 0.253. The third-order valence-electron chi connectivity index (χ3n) is 3.56. The van der Waals surface area contributed by atoms with Crippen molar-refractivity contribution >= 4 is 10.9 Å². The summed E-state index contributed by atoms with van der Waals surface area (Å²) in [6, 6.07) is 7.15. The molecule has 0 aliphatic rings. The van der Waals surface area contributed by atoms with Crippen LogP contribution >= 0.6 is 0 Å². The van der Waals surface area contributed by atoms with Crippen LogP contribution in [0.5, 0.6) is 11.5 Å². The van der Waals surface area contributed by atoms with Crippen molar-refractivity contribution in [1.82, 2.24) is 15.0 Å². The molecule has 3 aromatic rings. The highest BCUT2D eigenvalue weighted by Gasteiger charge is 2.13. The van der Waals surface area contributed by atoms with Gasteiger partial charge in [0.1, 0.15) is 22.7 Å². The summed E-state index contributed by atoms with van der Waals surface area (Å²) in [5.41, 5.74) is 2.82. The molecule has 2 heterocycles. The third-order valence-corrected chi connectivity index (χ3v) is 3.56. The van der Waals surface area contributed by atoms with Gasteiger partial charge in [0.2, 0.25) is 0 Å². The van der Waals surface area contributed by atoms with E-state index in [9.17, 15) is 4.79 Å². The van der Waals surface area contributed by atoms with Gasteiger partial charge in [0.25, 0.3) is 5.56 Å². The minimum atomic E-state index is -0.253. The van der Waals surface area contributed by atoms with Crippen LogP contribution in [0.1, 0.15) is 11.4 Å². The molecule has 6 heteroatoms. The van der Waals surface area contributed by atoms with Gasteiger partial charge < -0.3 is 14.5 Å². The molecule has 118 valence electrons. The highest BCUT2D eigenvalue weighted by molar-refractivity contribution is 5.87. The van der Waals surface area contributed by atoms with Crippen LogP contribution in [0.3, 0.4) is 0 Å². The van der Waals surface area contributed by atoms with E-state index in [1.807, 2.05) is 26.0 Å². The van der Waals surface area contributed by atoms with Gasteiger partial charge in [-0.2, -0.15) is 0 Å². The number of hydrogen-bond donors (Lipinski definition) is 1. The fourth-order valence-corrected chi connectivity index (χ4v) is 2.60. The molecular formula is C17H17N3O3. The van der Waals surface area contributed by atoms with Gasteiger partial charge in [0.15, 0.2) is 0 Å². The van der Waals surface area contributed by atoms with Crippen molar-refractivity contribution in [2.45, 2.75) is 13.8 Å². The van der Waals surface area contributed by atoms with E-state index < -0.39 is 0 Å². The minimum Gasteiger partial charge on any atom is -0.497 e. The number of ether oxygens (including phenoxy) is 2. The molecule has 0 fully saturated rings. The van der Waals surface area contributed by atoms with Gasteiger partial charge in [0, 0.05) is 29.1 Å². The van der Waals surface area contributed by atoms with E-state index in [-0.39, 0.29) is 5.56 Å². The van der Waals surface area contributed by atoms with Crippen molar-refractivity contribution in [3.8, 4) is 22.9 Å². The number of aryl methyl sites for hydroxylation is 2. The molecule has 0 aliphatic heterocycles. The Labute approximate surface area is 133 Å². The van der Waals surface area contributed by atoms with E-state index in [2.05, 4.69) is 15.0 Å². The van der Waals surface area contributed by atoms with Crippen molar-refractivity contribution in [3.05, 3.63) is 46.0 Å². The highest BCUT2D eigenvalue weighted by atomic mass is 16.5. The lowest BCUT2D eigenvalue weighted by atomic mass is 10.1. The average molecular weight is 311 g/mol. The number of aromatic nitrogens is 3. The van der Waals surface area contributed by atoms with E-state index in [4.69, 9.17) is 9.47 Å². The molecule has 6 nitrogen and oxygen atoms in total. The highest BCUT2D eigenvalue weighted by Crippen LogP contribution is 2.28. The molecule has 3 rings (SSSR count). The Kier molecular flexibility index (Phi) is 3.73. The first-order valence-corrected chi connectivity index (χ1v) is 7.13. The Morgan fingerprint density at radius 2 is 1.65 bits per heavy atom. The molecule has 0 radical (unpaired) electrons. The second-order valence-electron chi connectivity index (χ2n) is 5.28. The number of nitrogens with zero attached hydrogens (tertiary/aromatic N) is 2. The first kappa shape index (κ1) is 15.0. The van der Waals surface area contributed by atoms with Gasteiger partial charge in [-0.1, -0.05) is 0 Å². The zero-order valence-corrected chi connectivity index (χ0v) is 13.4. The number of fused-ring (bicyclic) bond motifs is 1. The van der Waals surface area contributed by atoms with Crippen LogP contribution in [0.15, 0.2) is 29.1 Å². The van der Waals surface area contributed by atoms with Gasteiger partial charge in [0.05, 0.1) is 19.7 Å². The number of methoxy groups -OCH3 is 2. The molecule has 1 aromatic carbocycles. The lowest BCUT2D eigenvalue weighted by Gasteiger charge is -2.09. The number of rotatable bonds is 3. The molecule has 0 unspecified atom stereocenters. The summed E-state index contributed by atoms with van der Waals surface area (Å²) in [4.78, 5) is 24.2. The molecule has 2 aromatic heterocycles. The number of benzene rings is 1. The number of aromatic amines is 1. The number of H-pyrrole nitrogens is 1. The number of hydrogen-bond acceptors (Lipinski definition) is 5. The van der Waals surface area contributed by atoms with Crippen LogP contribution in [0.25, 0.3) is 22.3 Å². The van der Waals surface area contributed by atoms with E-state index >= 15 is 0 Å². The van der Waals surface area contributed by atoms with Crippen LogP contribution in [0.4, 0.5) is 0 Å². The molecule has 0 saturated heterocycles. The lowest BCUT2D eigenvalue weighted by Crippen LogP contribution is -2.11. The van der Waals surface area contributed by atoms with Crippen LogP contribution in [-0.2, 0) is 0 Å². The summed E-state index contributed by atoms with van der Waals surface area (Å²) in [6.07, 6.45) is 0. The summed E-state index contributed by atoms with van der Waals surface area (Å²) in [6.45, 7) is 3.81. The molecule has 1 N–H and O–H groups in total. The van der Waals surface area contributed by atoms with E-state index in [1.54, 1.807) is 19.2 Å². The summed E-state index contributed by atoms with van der Waals surface area (Å²) in [7, 11) is 3.07. The van der Waals surface area contributed by atoms with Gasteiger partial charge in [-0.3, -0.25) is 9.78 Å². The first-order chi connectivity index (χ1) is 11.0. The fourth-order valence-electron chi connectivity index (χ4n) is 2.60. The summed E-state index contributed by atoms with van der Waals surface area (Å²) < 4.78 is 10.5. The Hall–Kier alpha value is -2.89. The second kappa shape index (κ2) is 5.72. The maximum atomic E-state index is 12.5. The zero-order valence-electron chi connectivity index (χ0n) is 13.4. The Morgan fingerprint density at radius 3 is 2.26 bits per heavy atom. The van der Waals surface area contributed by atoms with Gasteiger partial charge in [-0.15, -0.1) is 0 Å². The average Bonchev–Trinajstić information content (AvgIpc) is 2.52. The van der Waals surface area contributed by atoms with Crippen molar-refractivity contribution in [2.24, 2.45) is 0 Å². The third kappa shape index (κ3) is 2.75. The second-order valence-corrected chi connectivity index (χ2v) is 5.28. The summed E-state index contributed by atoms with van der Waals surface area (Å²) >= 11 is 0. The molecule has 0 atom stereocenters. The van der Waals surface area contributed by atoms with Crippen LogP contribution < -0.4 is 15.0 Å². The van der Waals surface area contributed by atoms with Crippen molar-refractivity contribution < 1.29 is 9.47 Å². The maximum absolute atomic E-state index is 12.5. The standard InChI is InChI=1S/C17H17N3O3/c1-9-5-11(6-10(2)18-9)16-19-13-7-12(22-3)8-14(23-4)15(13)17(21)20-16/h5-8H,1-4H3,(H,19,20,21). The zero-order chi connectivity index (χ0) is 16.6.